The summed E-state index contributed by atoms with van der Waals surface area (Å²) in [5.41, 5.74) is 17.7. The summed E-state index contributed by atoms with van der Waals surface area (Å²) < 4.78 is 8.40. The Labute approximate surface area is 531 Å². The van der Waals surface area contributed by atoms with Gasteiger partial charge in [0, 0.05) is 178 Å². The third-order valence-electron chi connectivity index (χ3n) is 13.5. The zero-order valence-electron chi connectivity index (χ0n) is 45.2. The number of para-hydroxylation sites is 1. The van der Waals surface area contributed by atoms with Crippen LogP contribution in [0.3, 0.4) is 0 Å². The summed E-state index contributed by atoms with van der Waals surface area (Å²) in [6, 6.07) is 60.1. The Hall–Kier alpha value is -8.07. The van der Waals surface area contributed by atoms with E-state index in [1.54, 1.807) is 12.1 Å². The van der Waals surface area contributed by atoms with E-state index in [4.69, 9.17) is 19.7 Å². The van der Waals surface area contributed by atoms with Gasteiger partial charge in [0.05, 0.1) is 30.7 Å². The smallest absolute Gasteiger partial charge is 0.111 e. The van der Waals surface area contributed by atoms with Crippen LogP contribution in [0.1, 0.15) is 16.8 Å². The molecule has 0 aliphatic carbocycles. The van der Waals surface area contributed by atoms with E-state index in [1.165, 1.54) is 16.6 Å². The van der Waals surface area contributed by atoms with Gasteiger partial charge in [-0.2, -0.15) is 18.2 Å². The molecule has 0 atom stereocenters. The number of benzene rings is 5. The largest absolute Gasteiger partial charge is 0.351 e. The number of hydrogen-bond acceptors (Lipinski definition) is 4. The summed E-state index contributed by atoms with van der Waals surface area (Å²) in [7, 11) is 6.08. The summed E-state index contributed by atoms with van der Waals surface area (Å²) in [6.07, 6.45) is 13.6. The van der Waals surface area contributed by atoms with Crippen molar-refractivity contribution in [3.8, 4) is 50.7 Å². The van der Waals surface area contributed by atoms with E-state index in [-0.39, 0.29) is 80.4 Å². The average molecular weight is 1780 g/mol. The Morgan fingerprint density at radius 3 is 1.48 bits per heavy atom. The van der Waals surface area contributed by atoms with Gasteiger partial charge < -0.3 is 38.2 Å². The number of hydrogen-bond donors (Lipinski definition) is 0. The van der Waals surface area contributed by atoms with Crippen molar-refractivity contribution in [2.75, 3.05) is 0 Å². The van der Waals surface area contributed by atoms with E-state index in [9.17, 15) is 0 Å². The minimum absolute atomic E-state index is 0. The molecule has 0 N–H and O–H groups in total. The van der Waals surface area contributed by atoms with Crippen molar-refractivity contribution in [3.05, 3.63) is 264 Å². The molecule has 15 heteroatoms. The van der Waals surface area contributed by atoms with Gasteiger partial charge in [-0.25, -0.2) is 0 Å². The monoisotopic (exact) mass is 1780 g/mol. The minimum atomic E-state index is 0. The van der Waals surface area contributed by atoms with Gasteiger partial charge in [-0.05, 0) is 76.9 Å². The van der Waals surface area contributed by atoms with Gasteiger partial charge in [-0.15, -0.1) is 106 Å². The SMILES string of the molecule is Cn1ccc2cnc(-c3[c-]cccc3)cc21.[C-]#[N+]c1cc(-c2cc3cc(C)n(C)c3cn2)[c-]cc1C.[C-]#[N+]c1cc(-c2cc3ccn(-c4ccccc4)c3cn2)[c-]cc1C.[C-]#[N+]c1cc[c-]c(-c2cc3c(ccn3C)cn2)c1.[Ir].[Ir].[Ir].[Ir]. The van der Waals surface area contributed by atoms with Crippen molar-refractivity contribution in [1.29, 1.82) is 0 Å². The van der Waals surface area contributed by atoms with Crippen LogP contribution >= 0.6 is 0 Å². The van der Waals surface area contributed by atoms with Gasteiger partial charge in [-0.3, -0.25) is 14.5 Å². The van der Waals surface area contributed by atoms with Crippen LogP contribution in [0.2, 0.25) is 0 Å². The quantitative estimate of drug-likeness (QED) is 0.161. The topological polar surface area (TPSA) is 84.4 Å². The third-order valence-corrected chi connectivity index (χ3v) is 13.5. The first-order valence-electron chi connectivity index (χ1n) is 24.9. The van der Waals surface area contributed by atoms with E-state index in [1.807, 2.05) is 163 Å². The fraction of sp³-hybridized carbons (Fsp3) is 0.0896. The van der Waals surface area contributed by atoms with Crippen molar-refractivity contribution in [2.24, 2.45) is 21.1 Å². The molecule has 4 radical (unpaired) electrons. The molecule has 412 valence electrons. The van der Waals surface area contributed by atoms with Crippen molar-refractivity contribution < 1.29 is 80.4 Å². The first-order chi connectivity index (χ1) is 38.0. The number of fused-ring (bicyclic) bond motifs is 4. The molecule has 0 saturated carbocycles. The van der Waals surface area contributed by atoms with Gasteiger partial charge in [-0.1, -0.05) is 56.3 Å². The van der Waals surface area contributed by atoms with Gasteiger partial charge in [0.25, 0.3) is 0 Å². The van der Waals surface area contributed by atoms with Gasteiger partial charge in [0.2, 0.25) is 0 Å². The summed E-state index contributed by atoms with van der Waals surface area (Å²) in [5, 5.41) is 4.56. The first-order valence-corrected chi connectivity index (χ1v) is 24.9. The zero-order valence-corrected chi connectivity index (χ0v) is 54.7. The predicted molar refractivity (Wildman–Crippen MR) is 313 cm³/mol. The maximum Gasteiger partial charge on any atom is 0.111 e. The van der Waals surface area contributed by atoms with Crippen LogP contribution in [0.4, 0.5) is 17.1 Å². The molecule has 82 heavy (non-hydrogen) atoms. The minimum Gasteiger partial charge on any atom is -0.351 e. The fourth-order valence-corrected chi connectivity index (χ4v) is 9.00. The molecule has 0 aliphatic rings. The van der Waals surface area contributed by atoms with Crippen molar-refractivity contribution >= 4 is 60.7 Å². The zero-order chi connectivity index (χ0) is 54.3. The molecule has 0 fully saturated rings. The third kappa shape index (κ3) is 14.0. The van der Waals surface area contributed by atoms with E-state index in [0.717, 1.165) is 94.6 Å². The Morgan fingerprint density at radius 1 is 0.415 bits per heavy atom. The maximum absolute atomic E-state index is 7.26. The molecule has 13 rings (SSSR count). The van der Waals surface area contributed by atoms with Crippen LogP contribution in [-0.2, 0) is 102 Å². The number of nitrogens with zero attached hydrogens (tertiary/aromatic N) is 11. The summed E-state index contributed by atoms with van der Waals surface area (Å²) in [5.74, 6) is 0. The molecule has 0 bridgehead atoms. The van der Waals surface area contributed by atoms with E-state index < -0.39 is 0 Å². The van der Waals surface area contributed by atoms with Crippen LogP contribution in [0.5, 0.6) is 0 Å². The molecule has 8 heterocycles. The van der Waals surface area contributed by atoms with Gasteiger partial charge in [0.1, 0.15) is 17.1 Å². The molecule has 0 unspecified atom stereocenters. The average Bonchev–Trinajstić information content (AvgIpc) is 4.42. The van der Waals surface area contributed by atoms with Crippen LogP contribution < -0.4 is 0 Å². The summed E-state index contributed by atoms with van der Waals surface area (Å²) in [4.78, 5) is 28.5. The normalized spacial score (nSPS) is 10.1. The van der Waals surface area contributed by atoms with E-state index >= 15 is 0 Å². The second-order valence-electron chi connectivity index (χ2n) is 18.6. The molecule has 0 spiro atoms. The Morgan fingerprint density at radius 2 is 0.915 bits per heavy atom. The van der Waals surface area contributed by atoms with Crippen molar-refractivity contribution in [2.45, 2.75) is 20.8 Å². The molecule has 5 aromatic carbocycles. The molecular formula is C67H49Ir4N11-4. The summed E-state index contributed by atoms with van der Waals surface area (Å²) >= 11 is 0. The molecule has 0 aliphatic heterocycles. The molecular weight excluding hydrogens is 1730 g/mol. The van der Waals surface area contributed by atoms with Crippen LogP contribution in [0.15, 0.2) is 189 Å². The Balaban J connectivity index is 0.000000175. The first kappa shape index (κ1) is 63.1. The number of rotatable bonds is 5. The number of aryl methyl sites for hydroxylation is 6. The van der Waals surface area contributed by atoms with Crippen molar-refractivity contribution in [3.63, 3.8) is 0 Å². The van der Waals surface area contributed by atoms with Gasteiger partial charge in [0.15, 0.2) is 0 Å². The molecule has 0 amide bonds. The molecule has 13 aromatic rings. The van der Waals surface area contributed by atoms with E-state index in [2.05, 4.69) is 133 Å². The maximum atomic E-state index is 7.26. The summed E-state index contributed by atoms with van der Waals surface area (Å²) in [6.45, 7) is 27.4. The van der Waals surface area contributed by atoms with Crippen LogP contribution in [0.25, 0.3) is 109 Å². The molecule has 0 saturated heterocycles. The van der Waals surface area contributed by atoms with Crippen LogP contribution in [0, 0.1) is 64.8 Å². The number of aromatic nitrogens is 8. The van der Waals surface area contributed by atoms with Gasteiger partial charge >= 0.3 is 0 Å². The predicted octanol–water partition coefficient (Wildman–Crippen LogP) is 16.2. The second kappa shape index (κ2) is 28.6. The molecule has 8 aromatic heterocycles. The second-order valence-corrected chi connectivity index (χ2v) is 18.6. The van der Waals surface area contributed by atoms with Crippen molar-refractivity contribution in [1.82, 2.24) is 38.2 Å². The van der Waals surface area contributed by atoms with E-state index in [0.29, 0.717) is 17.1 Å². The standard InChI is InChI=1S/C21H14N3.C17H14N3.C15H10N3.C14H11N2.4Ir/c1-15-8-9-16(12-19(15)22-2)20-13-17-10-11-24(21(17)14-23-20)18-6-4-3-5-7-18;1-11-5-6-13(8-15(11)18-3)16-9-14-7-12(2)20(4)17(14)10-19-16;1-16-13-5-3-4-11(8-13)14-9-15-12(10-17-14)6-7-18(15)2;1-16-8-7-12-10-15-13(9-14(12)16)11-5-3-2-4-6-11;;;;/h3-8,10-14H,1H3;5,7-10H,1-2,4H3;3,5-10H,2H3;2-5,7-10H,1H3;;;;/q4*-1;;;;. The Bertz CT molecular complexity index is 4460. The Kier molecular flexibility index (Phi) is 22.0. The number of pyridine rings is 4. The van der Waals surface area contributed by atoms with Crippen LogP contribution in [-0.4, -0.2) is 38.2 Å². The molecule has 11 nitrogen and oxygen atoms in total. The fourth-order valence-electron chi connectivity index (χ4n) is 9.00.